The number of pyridine rings is 1. The first-order valence-corrected chi connectivity index (χ1v) is 12.0. The summed E-state index contributed by atoms with van der Waals surface area (Å²) < 4.78 is 26.4. The minimum atomic E-state index is -3.54. The Morgan fingerprint density at radius 3 is 2.30 bits per heavy atom. The highest BCUT2D eigenvalue weighted by atomic mass is 32.2. The van der Waals surface area contributed by atoms with E-state index in [-0.39, 0.29) is 23.5 Å². The first-order valence-electron chi connectivity index (χ1n) is 10.5. The Balaban J connectivity index is 1.55. The largest absolute Gasteiger partial charge is 0.360 e. The number of para-hydroxylation sites is 1. The van der Waals surface area contributed by atoms with Gasteiger partial charge in [0.1, 0.15) is 5.56 Å². The lowest BCUT2D eigenvalue weighted by Gasteiger charge is -2.18. The molecule has 3 N–H and O–H groups in total. The molecule has 2 aromatic carbocycles. The Hall–Kier alpha value is -3.50. The van der Waals surface area contributed by atoms with Crippen molar-refractivity contribution in [1.82, 2.24) is 19.9 Å². The normalized spacial score (nSPS) is 11.5. The summed E-state index contributed by atoms with van der Waals surface area (Å²) in [5, 5.41) is 5.48. The number of amides is 2. The van der Waals surface area contributed by atoms with E-state index in [2.05, 4.69) is 15.6 Å². The Morgan fingerprint density at radius 2 is 1.64 bits per heavy atom. The molecule has 0 aliphatic heterocycles. The van der Waals surface area contributed by atoms with Crippen LogP contribution >= 0.6 is 0 Å². The number of rotatable bonds is 9. The summed E-state index contributed by atoms with van der Waals surface area (Å²) in [7, 11) is -3.54. The van der Waals surface area contributed by atoms with Crippen molar-refractivity contribution < 1.29 is 18.0 Å². The van der Waals surface area contributed by atoms with Crippen molar-refractivity contribution in [2.24, 2.45) is 0 Å². The van der Waals surface area contributed by atoms with E-state index in [1.54, 1.807) is 50.2 Å². The van der Waals surface area contributed by atoms with Crippen molar-refractivity contribution >= 4 is 32.7 Å². The number of H-pyrrole nitrogens is 1. The van der Waals surface area contributed by atoms with Gasteiger partial charge in [-0.1, -0.05) is 38.1 Å². The smallest absolute Gasteiger partial charge is 0.257 e. The van der Waals surface area contributed by atoms with Gasteiger partial charge in [0.25, 0.3) is 5.91 Å². The van der Waals surface area contributed by atoms with Gasteiger partial charge in [-0.15, -0.1) is 0 Å². The molecule has 1 heterocycles. The van der Waals surface area contributed by atoms with Crippen molar-refractivity contribution in [3.05, 3.63) is 76.1 Å². The highest BCUT2D eigenvalue weighted by molar-refractivity contribution is 7.89. The molecule has 0 unspecified atom stereocenters. The van der Waals surface area contributed by atoms with Gasteiger partial charge >= 0.3 is 0 Å². The average molecular weight is 471 g/mol. The molecule has 10 heteroatoms. The van der Waals surface area contributed by atoms with Gasteiger partial charge < -0.3 is 15.6 Å². The molecule has 33 heavy (non-hydrogen) atoms. The minimum absolute atomic E-state index is 0.0773. The first-order chi connectivity index (χ1) is 15.8. The average Bonchev–Trinajstić information content (AvgIpc) is 2.82. The standard InChI is InChI=1S/C23H26N4O5S/c1-3-27(4-2)33(31,32)17-11-9-16(10-12-17)13-25-21(28)15-26-23(30)19-14-24-20-8-6-5-7-18(20)22(19)29/h5-12,14H,3-4,13,15H2,1-2H3,(H,24,29)(H,25,28)(H,26,30). The van der Waals surface area contributed by atoms with Crippen LogP contribution in [0.25, 0.3) is 10.9 Å². The van der Waals surface area contributed by atoms with Gasteiger partial charge in [0.2, 0.25) is 21.4 Å². The van der Waals surface area contributed by atoms with Gasteiger partial charge in [0.05, 0.1) is 11.4 Å². The van der Waals surface area contributed by atoms with Crippen LogP contribution in [0.1, 0.15) is 29.8 Å². The number of hydrogen-bond donors (Lipinski definition) is 3. The summed E-state index contributed by atoms with van der Waals surface area (Å²) in [6.07, 6.45) is 1.33. The third-order valence-electron chi connectivity index (χ3n) is 5.20. The summed E-state index contributed by atoms with van der Waals surface area (Å²) in [5.41, 5.74) is 0.834. The molecule has 0 aliphatic rings. The lowest BCUT2D eigenvalue weighted by Crippen LogP contribution is -2.38. The number of benzene rings is 2. The van der Waals surface area contributed by atoms with Gasteiger partial charge in [0, 0.05) is 36.7 Å². The number of aromatic nitrogens is 1. The predicted octanol–water partition coefficient (Wildman–Crippen LogP) is 1.60. The number of fused-ring (bicyclic) bond motifs is 1. The second-order valence-corrected chi connectivity index (χ2v) is 9.21. The number of hydrogen-bond acceptors (Lipinski definition) is 5. The molecule has 9 nitrogen and oxygen atoms in total. The van der Waals surface area contributed by atoms with E-state index < -0.39 is 27.3 Å². The molecule has 0 fully saturated rings. The van der Waals surface area contributed by atoms with Gasteiger partial charge in [0.15, 0.2) is 0 Å². The van der Waals surface area contributed by atoms with Crippen LogP contribution in [-0.4, -0.2) is 49.2 Å². The Morgan fingerprint density at radius 1 is 0.970 bits per heavy atom. The molecule has 0 bridgehead atoms. The van der Waals surface area contributed by atoms with E-state index in [0.717, 1.165) is 0 Å². The second kappa shape index (κ2) is 10.4. The molecule has 0 saturated heterocycles. The third-order valence-corrected chi connectivity index (χ3v) is 7.26. The molecular formula is C23H26N4O5S. The molecule has 2 amide bonds. The molecule has 0 saturated carbocycles. The van der Waals surface area contributed by atoms with Gasteiger partial charge in [-0.25, -0.2) is 8.42 Å². The minimum Gasteiger partial charge on any atom is -0.360 e. The van der Waals surface area contributed by atoms with Gasteiger partial charge in [-0.2, -0.15) is 4.31 Å². The number of sulfonamides is 1. The number of carbonyl (C=O) groups excluding carboxylic acids is 2. The van der Waals surface area contributed by atoms with Crippen LogP contribution in [0, 0.1) is 0 Å². The lowest BCUT2D eigenvalue weighted by atomic mass is 10.1. The van der Waals surface area contributed by atoms with Crippen LogP contribution in [0.15, 0.2) is 64.4 Å². The molecule has 174 valence electrons. The highest BCUT2D eigenvalue weighted by Gasteiger charge is 2.21. The van der Waals surface area contributed by atoms with Crippen LogP contribution in [0.5, 0.6) is 0 Å². The van der Waals surface area contributed by atoms with E-state index in [1.807, 2.05) is 0 Å². The van der Waals surface area contributed by atoms with Crippen molar-refractivity contribution in [3.63, 3.8) is 0 Å². The maximum atomic E-state index is 12.5. The van der Waals surface area contributed by atoms with Crippen molar-refractivity contribution in [2.75, 3.05) is 19.6 Å². The zero-order valence-electron chi connectivity index (χ0n) is 18.4. The topological polar surface area (TPSA) is 128 Å². The Kier molecular flexibility index (Phi) is 7.62. The van der Waals surface area contributed by atoms with Crippen molar-refractivity contribution in [1.29, 1.82) is 0 Å². The maximum Gasteiger partial charge on any atom is 0.257 e. The zero-order chi connectivity index (χ0) is 24.0. The highest BCUT2D eigenvalue weighted by Crippen LogP contribution is 2.16. The van der Waals surface area contributed by atoms with Crippen molar-refractivity contribution in [2.45, 2.75) is 25.3 Å². The van der Waals surface area contributed by atoms with Crippen LogP contribution < -0.4 is 16.1 Å². The number of nitrogens with zero attached hydrogens (tertiary/aromatic N) is 1. The zero-order valence-corrected chi connectivity index (χ0v) is 19.2. The van der Waals surface area contributed by atoms with Crippen LogP contribution in [0.3, 0.4) is 0 Å². The van der Waals surface area contributed by atoms with Gasteiger partial charge in [-0.3, -0.25) is 14.4 Å². The summed E-state index contributed by atoms with van der Waals surface area (Å²) in [4.78, 5) is 40.0. The Labute approximate surface area is 191 Å². The number of nitrogens with one attached hydrogen (secondary N) is 3. The second-order valence-electron chi connectivity index (χ2n) is 7.27. The summed E-state index contributed by atoms with van der Waals surface area (Å²) in [5.74, 6) is -1.09. The van der Waals surface area contributed by atoms with Crippen molar-refractivity contribution in [3.8, 4) is 0 Å². The summed E-state index contributed by atoms with van der Waals surface area (Å²) in [6.45, 7) is 4.18. The fourth-order valence-corrected chi connectivity index (χ4v) is 4.80. The monoisotopic (exact) mass is 470 g/mol. The fourth-order valence-electron chi connectivity index (χ4n) is 3.35. The van der Waals surface area contributed by atoms with E-state index in [1.165, 1.54) is 22.6 Å². The van der Waals surface area contributed by atoms with E-state index in [0.29, 0.717) is 29.6 Å². The lowest BCUT2D eigenvalue weighted by molar-refractivity contribution is -0.120. The number of aromatic amines is 1. The van der Waals surface area contributed by atoms with Crippen LogP contribution in [0.2, 0.25) is 0 Å². The van der Waals surface area contributed by atoms with E-state index >= 15 is 0 Å². The molecule has 3 aromatic rings. The Bertz CT molecular complexity index is 1310. The quantitative estimate of drug-likeness (QED) is 0.438. The molecule has 0 aliphatic carbocycles. The molecule has 0 radical (unpaired) electrons. The SMILES string of the molecule is CCN(CC)S(=O)(=O)c1ccc(CNC(=O)CNC(=O)c2c[nH]c3ccccc3c2=O)cc1. The molecule has 3 rings (SSSR count). The predicted molar refractivity (Wildman–Crippen MR) is 125 cm³/mol. The number of carbonyl (C=O) groups is 2. The van der Waals surface area contributed by atoms with Gasteiger partial charge in [-0.05, 0) is 29.8 Å². The van der Waals surface area contributed by atoms with Crippen LogP contribution in [0.4, 0.5) is 0 Å². The summed E-state index contributed by atoms with van der Waals surface area (Å²) in [6, 6.07) is 13.1. The maximum absolute atomic E-state index is 12.5. The van der Waals surface area contributed by atoms with E-state index in [9.17, 15) is 22.8 Å². The third kappa shape index (κ3) is 5.47. The molecule has 0 spiro atoms. The molecule has 0 atom stereocenters. The van der Waals surface area contributed by atoms with E-state index in [4.69, 9.17) is 0 Å². The van der Waals surface area contributed by atoms with Crippen LogP contribution in [-0.2, 0) is 21.4 Å². The molecule has 1 aromatic heterocycles. The first kappa shape index (κ1) is 24.1. The molecular weight excluding hydrogens is 444 g/mol. The summed E-state index contributed by atoms with van der Waals surface area (Å²) >= 11 is 0. The fraction of sp³-hybridized carbons (Fsp3) is 0.261.